The number of hydrogen-bond donors (Lipinski definition) is 2. The number of amides is 1. The maximum atomic E-state index is 13.3. The fourth-order valence-electron chi connectivity index (χ4n) is 4.26. The molecule has 1 amide bonds. The Morgan fingerprint density at radius 2 is 1.89 bits per heavy atom. The first kappa shape index (κ1) is 24.6. The summed E-state index contributed by atoms with van der Waals surface area (Å²) in [5.41, 5.74) is 2.50. The lowest BCUT2D eigenvalue weighted by molar-refractivity contribution is -0.0498. The smallest absolute Gasteiger partial charge is 0.387 e. The first-order valence-electron chi connectivity index (χ1n) is 11.9. The van der Waals surface area contributed by atoms with Crippen LogP contribution in [0.4, 0.5) is 14.7 Å². The number of aromatic nitrogens is 4. The van der Waals surface area contributed by atoms with Crippen LogP contribution in [0.2, 0.25) is 0 Å². The maximum Gasteiger partial charge on any atom is 0.387 e. The van der Waals surface area contributed by atoms with Crippen molar-refractivity contribution in [1.29, 1.82) is 0 Å². The zero-order chi connectivity index (χ0) is 25.8. The lowest BCUT2D eigenvalue weighted by Gasteiger charge is -2.23. The molecule has 2 aromatic heterocycles. The average Bonchev–Trinajstić information content (AvgIpc) is 3.33. The van der Waals surface area contributed by atoms with Crippen LogP contribution in [0.15, 0.2) is 61.1 Å². The van der Waals surface area contributed by atoms with E-state index in [1.165, 1.54) is 12.1 Å². The lowest BCUT2D eigenvalue weighted by Crippen LogP contribution is -2.29. The molecule has 0 bridgehead atoms. The molecule has 1 aliphatic heterocycles. The molecule has 0 aliphatic carbocycles. The van der Waals surface area contributed by atoms with Crippen LogP contribution in [-0.4, -0.2) is 51.5 Å². The summed E-state index contributed by atoms with van der Waals surface area (Å²) < 4.78 is 36.6. The minimum atomic E-state index is -2.91. The number of carbonyl (C=O) groups excluding carboxylic acids is 1. The van der Waals surface area contributed by atoms with Crippen LogP contribution >= 0.6 is 0 Å². The Labute approximate surface area is 211 Å². The SMILES string of the molecule is Cn1cc([C@@H](NC(=O)c2ccc3cnc(NC4CCOCC4)nc3c2)c2ccc(OC(F)F)cc2)cn1. The van der Waals surface area contributed by atoms with Crippen LogP contribution in [0, 0.1) is 0 Å². The predicted molar refractivity (Wildman–Crippen MR) is 133 cm³/mol. The molecule has 2 N–H and O–H groups in total. The molecule has 9 nitrogen and oxygen atoms in total. The second kappa shape index (κ2) is 10.9. The van der Waals surface area contributed by atoms with Crippen molar-refractivity contribution < 1.29 is 23.0 Å². The van der Waals surface area contributed by atoms with Crippen molar-refractivity contribution in [2.24, 2.45) is 7.05 Å². The van der Waals surface area contributed by atoms with E-state index in [0.717, 1.165) is 23.8 Å². The van der Waals surface area contributed by atoms with Gasteiger partial charge < -0.3 is 20.1 Å². The Morgan fingerprint density at radius 3 is 2.59 bits per heavy atom. The van der Waals surface area contributed by atoms with Gasteiger partial charge in [0.25, 0.3) is 5.91 Å². The van der Waals surface area contributed by atoms with Gasteiger partial charge in [-0.15, -0.1) is 0 Å². The van der Waals surface area contributed by atoms with E-state index in [1.54, 1.807) is 60.7 Å². The predicted octanol–water partition coefficient (Wildman–Crippen LogP) is 4.08. The van der Waals surface area contributed by atoms with E-state index in [1.807, 2.05) is 0 Å². The lowest BCUT2D eigenvalue weighted by atomic mass is 10.0. The van der Waals surface area contributed by atoms with Gasteiger partial charge in [-0.2, -0.15) is 13.9 Å². The van der Waals surface area contributed by atoms with Crippen LogP contribution in [0.5, 0.6) is 5.75 Å². The number of benzene rings is 2. The molecule has 2 aromatic carbocycles. The summed E-state index contributed by atoms with van der Waals surface area (Å²) in [6, 6.07) is 11.1. The number of nitrogens with one attached hydrogen (secondary N) is 2. The van der Waals surface area contributed by atoms with Crippen molar-refractivity contribution in [1.82, 2.24) is 25.1 Å². The van der Waals surface area contributed by atoms with Gasteiger partial charge in [-0.3, -0.25) is 9.48 Å². The third-order valence-corrected chi connectivity index (χ3v) is 6.17. The van der Waals surface area contributed by atoms with Crippen molar-refractivity contribution in [3.8, 4) is 5.75 Å². The summed E-state index contributed by atoms with van der Waals surface area (Å²) in [6.07, 6.45) is 6.93. The molecule has 0 saturated carbocycles. The number of alkyl halides is 2. The molecular formula is C26H26F2N6O3. The Hall–Kier alpha value is -4.12. The van der Waals surface area contributed by atoms with E-state index in [4.69, 9.17) is 4.74 Å². The fraction of sp³-hybridized carbons (Fsp3) is 0.308. The van der Waals surface area contributed by atoms with Crippen LogP contribution in [-0.2, 0) is 11.8 Å². The second-order valence-corrected chi connectivity index (χ2v) is 8.80. The molecule has 0 unspecified atom stereocenters. The maximum absolute atomic E-state index is 13.3. The molecular weight excluding hydrogens is 482 g/mol. The summed E-state index contributed by atoms with van der Waals surface area (Å²) in [6.45, 7) is -1.51. The largest absolute Gasteiger partial charge is 0.435 e. The summed E-state index contributed by atoms with van der Waals surface area (Å²) in [5.74, 6) is 0.229. The Kier molecular flexibility index (Phi) is 7.22. The summed E-state index contributed by atoms with van der Waals surface area (Å²) in [4.78, 5) is 22.3. The minimum absolute atomic E-state index is 0.0365. The second-order valence-electron chi connectivity index (χ2n) is 8.80. The van der Waals surface area contributed by atoms with Gasteiger partial charge in [0, 0.05) is 55.2 Å². The number of carbonyl (C=O) groups is 1. The highest BCUT2D eigenvalue weighted by Gasteiger charge is 2.21. The van der Waals surface area contributed by atoms with E-state index in [2.05, 4.69) is 30.4 Å². The number of ether oxygens (including phenoxy) is 2. The number of halogens is 2. The molecule has 0 radical (unpaired) electrons. The van der Waals surface area contributed by atoms with E-state index < -0.39 is 12.7 Å². The van der Waals surface area contributed by atoms with Gasteiger partial charge in [-0.25, -0.2) is 9.97 Å². The highest BCUT2D eigenvalue weighted by molar-refractivity contribution is 5.98. The van der Waals surface area contributed by atoms with Crippen molar-refractivity contribution in [3.05, 3.63) is 77.7 Å². The van der Waals surface area contributed by atoms with Crippen molar-refractivity contribution in [2.75, 3.05) is 18.5 Å². The summed E-state index contributed by atoms with van der Waals surface area (Å²) >= 11 is 0. The van der Waals surface area contributed by atoms with E-state index in [-0.39, 0.29) is 17.7 Å². The van der Waals surface area contributed by atoms with Crippen molar-refractivity contribution in [2.45, 2.75) is 31.5 Å². The number of fused-ring (bicyclic) bond motifs is 1. The van der Waals surface area contributed by atoms with E-state index in [9.17, 15) is 13.6 Å². The van der Waals surface area contributed by atoms with Crippen LogP contribution in [0.3, 0.4) is 0 Å². The first-order chi connectivity index (χ1) is 17.9. The molecule has 37 heavy (non-hydrogen) atoms. The summed E-state index contributed by atoms with van der Waals surface area (Å²) in [5, 5.41) is 11.4. The number of anilines is 1. The molecule has 4 aromatic rings. The highest BCUT2D eigenvalue weighted by Crippen LogP contribution is 2.26. The zero-order valence-electron chi connectivity index (χ0n) is 20.1. The zero-order valence-corrected chi connectivity index (χ0v) is 20.1. The van der Waals surface area contributed by atoms with Gasteiger partial charge in [-0.1, -0.05) is 18.2 Å². The van der Waals surface area contributed by atoms with Gasteiger partial charge in [0.1, 0.15) is 5.75 Å². The van der Waals surface area contributed by atoms with E-state index >= 15 is 0 Å². The van der Waals surface area contributed by atoms with Crippen molar-refractivity contribution in [3.63, 3.8) is 0 Å². The van der Waals surface area contributed by atoms with Gasteiger partial charge in [-0.05, 0) is 42.7 Å². The molecule has 0 spiro atoms. The highest BCUT2D eigenvalue weighted by atomic mass is 19.3. The van der Waals surface area contributed by atoms with Crippen LogP contribution in [0.1, 0.15) is 40.4 Å². The van der Waals surface area contributed by atoms with Gasteiger partial charge in [0.15, 0.2) is 0 Å². The Morgan fingerprint density at radius 1 is 1.11 bits per heavy atom. The molecule has 5 rings (SSSR count). The molecule has 1 fully saturated rings. The number of hydrogen-bond acceptors (Lipinski definition) is 7. The molecule has 11 heteroatoms. The van der Waals surface area contributed by atoms with Crippen LogP contribution < -0.4 is 15.4 Å². The Bertz CT molecular complexity index is 1370. The number of nitrogens with zero attached hydrogens (tertiary/aromatic N) is 4. The monoisotopic (exact) mass is 508 g/mol. The Balaban J connectivity index is 1.38. The average molecular weight is 509 g/mol. The normalized spacial score (nSPS) is 15.0. The minimum Gasteiger partial charge on any atom is -0.435 e. The topological polar surface area (TPSA) is 103 Å². The van der Waals surface area contributed by atoms with Gasteiger partial charge >= 0.3 is 6.61 Å². The van der Waals surface area contributed by atoms with Crippen LogP contribution in [0.25, 0.3) is 10.9 Å². The standard InChI is InChI=1S/C26H26F2N6O3/c1-34-15-19(14-30-34)23(16-4-6-21(7-5-16)37-25(27)28)33-24(35)17-2-3-18-13-29-26(32-22(18)12-17)31-20-8-10-36-11-9-20/h2-7,12-15,20,23,25H,8-11H2,1H3,(H,33,35)(H,29,31,32)/t23-/m0/s1. The quantitative estimate of drug-likeness (QED) is 0.370. The third-order valence-electron chi connectivity index (χ3n) is 6.17. The number of aryl methyl sites for hydroxylation is 1. The fourth-order valence-corrected chi connectivity index (χ4v) is 4.26. The molecule has 1 atom stereocenters. The van der Waals surface area contributed by atoms with E-state index in [0.29, 0.717) is 35.8 Å². The van der Waals surface area contributed by atoms with Gasteiger partial charge in [0.05, 0.1) is 17.8 Å². The summed E-state index contributed by atoms with van der Waals surface area (Å²) in [7, 11) is 1.77. The number of rotatable bonds is 8. The molecule has 1 saturated heterocycles. The van der Waals surface area contributed by atoms with Crippen molar-refractivity contribution >= 4 is 22.8 Å². The van der Waals surface area contributed by atoms with Gasteiger partial charge in [0.2, 0.25) is 5.95 Å². The molecule has 1 aliphatic rings. The first-order valence-corrected chi connectivity index (χ1v) is 11.9. The third kappa shape index (κ3) is 6.00. The molecule has 192 valence electrons. The molecule has 3 heterocycles.